The van der Waals surface area contributed by atoms with Crippen LogP contribution in [0.15, 0.2) is 76.6 Å². The molecule has 1 heterocycles. The molecule has 8 nitrogen and oxygen atoms in total. The van der Waals surface area contributed by atoms with Crippen LogP contribution in [0.5, 0.6) is 11.5 Å². The normalized spacial score (nSPS) is 12.1. The highest BCUT2D eigenvalue weighted by molar-refractivity contribution is 6.32. The summed E-state index contributed by atoms with van der Waals surface area (Å²) in [5.74, 6) is -0.422. The molecule has 1 atom stereocenters. The molecule has 0 radical (unpaired) electrons. The quantitative estimate of drug-likeness (QED) is 0.394. The Morgan fingerprint density at radius 2 is 1.85 bits per heavy atom. The average molecular weight is 478 g/mol. The summed E-state index contributed by atoms with van der Waals surface area (Å²) in [6.45, 7) is 1.39. The lowest BCUT2D eigenvalue weighted by Gasteiger charge is -2.15. The summed E-state index contributed by atoms with van der Waals surface area (Å²) in [5.41, 5.74) is 1.48. The second-order valence-electron chi connectivity index (χ2n) is 7.31. The number of hydrogen-bond acceptors (Lipinski definition) is 6. The van der Waals surface area contributed by atoms with Crippen molar-refractivity contribution in [1.82, 2.24) is 9.66 Å². The fraction of sp³-hybridized carbons (Fsp3) is 0.120. The van der Waals surface area contributed by atoms with Crippen molar-refractivity contribution in [3.05, 3.63) is 87.7 Å². The number of carboxylic acid groups (broad SMARTS) is 1. The number of methoxy groups -OCH3 is 1. The molecule has 0 saturated carbocycles. The number of rotatable bonds is 7. The molecule has 0 aliphatic carbocycles. The molecule has 0 fully saturated rings. The van der Waals surface area contributed by atoms with Gasteiger partial charge in [0.15, 0.2) is 23.4 Å². The van der Waals surface area contributed by atoms with Crippen molar-refractivity contribution in [2.75, 3.05) is 7.11 Å². The van der Waals surface area contributed by atoms with Crippen LogP contribution in [0.4, 0.5) is 0 Å². The number of nitrogens with zero attached hydrogens (tertiary/aromatic N) is 3. The van der Waals surface area contributed by atoms with E-state index in [0.717, 1.165) is 5.56 Å². The van der Waals surface area contributed by atoms with Gasteiger partial charge in [-0.1, -0.05) is 54.1 Å². The number of halogens is 1. The van der Waals surface area contributed by atoms with Gasteiger partial charge in [-0.2, -0.15) is 9.78 Å². The van der Waals surface area contributed by atoms with Crippen LogP contribution in [-0.2, 0) is 4.79 Å². The lowest BCUT2D eigenvalue weighted by atomic mass is 10.2. The van der Waals surface area contributed by atoms with Crippen LogP contribution in [-0.4, -0.2) is 40.2 Å². The van der Waals surface area contributed by atoms with E-state index in [1.165, 1.54) is 24.9 Å². The lowest BCUT2D eigenvalue weighted by Crippen LogP contribution is -2.23. The maximum Gasteiger partial charge on any atom is 0.344 e. The van der Waals surface area contributed by atoms with Gasteiger partial charge in [-0.15, -0.1) is 0 Å². The van der Waals surface area contributed by atoms with Crippen molar-refractivity contribution >= 4 is 34.7 Å². The predicted octanol–water partition coefficient (Wildman–Crippen LogP) is 4.46. The Hall–Kier alpha value is -4.17. The summed E-state index contributed by atoms with van der Waals surface area (Å²) in [4.78, 5) is 29.1. The third kappa shape index (κ3) is 4.62. The highest BCUT2D eigenvalue weighted by atomic mass is 35.5. The van der Waals surface area contributed by atoms with Gasteiger partial charge in [-0.05, 0) is 36.8 Å². The first-order chi connectivity index (χ1) is 16.4. The number of carbonyl (C=O) groups is 1. The number of aliphatic carboxylic acids is 1. The Morgan fingerprint density at radius 3 is 2.56 bits per heavy atom. The van der Waals surface area contributed by atoms with Gasteiger partial charge in [0.1, 0.15) is 0 Å². The van der Waals surface area contributed by atoms with E-state index < -0.39 is 12.1 Å². The molecule has 0 spiro atoms. The molecule has 0 saturated heterocycles. The minimum atomic E-state index is -1.14. The molecule has 9 heteroatoms. The highest BCUT2D eigenvalue weighted by Gasteiger charge is 2.19. The zero-order chi connectivity index (χ0) is 24.2. The van der Waals surface area contributed by atoms with E-state index in [2.05, 4.69) is 10.1 Å². The van der Waals surface area contributed by atoms with Crippen molar-refractivity contribution in [1.29, 1.82) is 0 Å². The highest BCUT2D eigenvalue weighted by Crippen LogP contribution is 2.36. The molecular formula is C25H20ClN3O5. The standard InChI is InChI=1S/C25H20ClN3O5/c1-15(25(31)32)34-22-19(26)12-16(13-21(22)33-2)14-27-29-23(17-8-4-3-5-9-17)28-20-11-7-6-10-18(20)24(29)30/h3-15H,1-2H3,(H,31,32)/t15-/m1/s1. The maximum atomic E-state index is 13.3. The zero-order valence-corrected chi connectivity index (χ0v) is 19.1. The van der Waals surface area contributed by atoms with Crippen molar-refractivity contribution < 1.29 is 19.4 Å². The van der Waals surface area contributed by atoms with Crippen molar-refractivity contribution in [3.8, 4) is 22.9 Å². The van der Waals surface area contributed by atoms with Crippen molar-refractivity contribution in [2.24, 2.45) is 5.10 Å². The third-order valence-electron chi connectivity index (χ3n) is 5.00. The van der Waals surface area contributed by atoms with E-state index in [9.17, 15) is 9.59 Å². The Labute approximate surface area is 199 Å². The van der Waals surface area contributed by atoms with Gasteiger partial charge in [0.2, 0.25) is 0 Å². The summed E-state index contributed by atoms with van der Waals surface area (Å²) in [6, 6.07) is 19.5. The zero-order valence-electron chi connectivity index (χ0n) is 18.3. The summed E-state index contributed by atoms with van der Waals surface area (Å²) < 4.78 is 12.0. The number of ether oxygens (including phenoxy) is 2. The second kappa shape index (κ2) is 9.76. The van der Waals surface area contributed by atoms with Crippen molar-refractivity contribution in [3.63, 3.8) is 0 Å². The molecule has 0 amide bonds. The van der Waals surface area contributed by atoms with E-state index in [1.54, 1.807) is 30.3 Å². The summed E-state index contributed by atoms with van der Waals surface area (Å²) in [7, 11) is 1.41. The number of carboxylic acids is 1. The molecule has 0 aliphatic heterocycles. The number of para-hydroxylation sites is 1. The first-order valence-corrected chi connectivity index (χ1v) is 10.7. The van der Waals surface area contributed by atoms with Crippen LogP contribution < -0.4 is 15.0 Å². The number of hydrogen-bond donors (Lipinski definition) is 1. The Morgan fingerprint density at radius 1 is 1.15 bits per heavy atom. The van der Waals surface area contributed by atoms with Crippen LogP contribution in [0.3, 0.4) is 0 Å². The third-order valence-corrected chi connectivity index (χ3v) is 5.28. The minimum absolute atomic E-state index is 0.103. The van der Waals surface area contributed by atoms with Crippen LogP contribution in [0.2, 0.25) is 5.02 Å². The maximum absolute atomic E-state index is 13.3. The van der Waals surface area contributed by atoms with Gasteiger partial charge in [-0.25, -0.2) is 9.78 Å². The van der Waals surface area contributed by atoms with E-state index >= 15 is 0 Å². The fourth-order valence-electron chi connectivity index (χ4n) is 3.29. The molecule has 0 unspecified atom stereocenters. The summed E-state index contributed by atoms with van der Waals surface area (Å²) >= 11 is 6.34. The number of aromatic nitrogens is 2. The number of benzene rings is 3. The monoisotopic (exact) mass is 477 g/mol. The average Bonchev–Trinajstić information content (AvgIpc) is 2.85. The molecule has 34 heavy (non-hydrogen) atoms. The van der Waals surface area contributed by atoms with Crippen LogP contribution >= 0.6 is 11.6 Å². The molecule has 4 aromatic rings. The van der Waals surface area contributed by atoms with E-state index in [4.69, 9.17) is 26.2 Å². The van der Waals surface area contributed by atoms with Crippen LogP contribution in [0.25, 0.3) is 22.3 Å². The van der Waals surface area contributed by atoms with Gasteiger partial charge in [0.05, 0.1) is 29.2 Å². The molecule has 1 N–H and O–H groups in total. The van der Waals surface area contributed by atoms with Gasteiger partial charge < -0.3 is 14.6 Å². The van der Waals surface area contributed by atoms with Crippen LogP contribution in [0.1, 0.15) is 12.5 Å². The van der Waals surface area contributed by atoms with E-state index in [0.29, 0.717) is 22.3 Å². The van der Waals surface area contributed by atoms with Gasteiger partial charge in [-0.3, -0.25) is 4.79 Å². The van der Waals surface area contributed by atoms with Gasteiger partial charge in [0.25, 0.3) is 5.56 Å². The summed E-state index contributed by atoms with van der Waals surface area (Å²) in [6.07, 6.45) is 0.324. The molecule has 0 aliphatic rings. The van der Waals surface area contributed by atoms with Crippen LogP contribution in [0, 0.1) is 0 Å². The molecule has 1 aromatic heterocycles. The Bertz CT molecular complexity index is 1450. The van der Waals surface area contributed by atoms with Gasteiger partial charge >= 0.3 is 5.97 Å². The lowest BCUT2D eigenvalue weighted by molar-refractivity contribution is -0.144. The molecule has 4 rings (SSSR count). The molecule has 3 aromatic carbocycles. The first kappa shape index (κ1) is 23.0. The van der Waals surface area contributed by atoms with Gasteiger partial charge in [0, 0.05) is 5.56 Å². The molecule has 172 valence electrons. The number of fused-ring (bicyclic) bond motifs is 1. The predicted molar refractivity (Wildman–Crippen MR) is 130 cm³/mol. The fourth-order valence-corrected chi connectivity index (χ4v) is 3.55. The van der Waals surface area contributed by atoms with Crippen molar-refractivity contribution in [2.45, 2.75) is 13.0 Å². The molecular weight excluding hydrogens is 458 g/mol. The summed E-state index contributed by atoms with van der Waals surface area (Å²) in [5, 5.41) is 14.1. The SMILES string of the molecule is COc1cc(C=Nn2c(-c3ccccc3)nc3ccccc3c2=O)cc(Cl)c1O[C@H](C)C(=O)O. The van der Waals surface area contributed by atoms with E-state index in [1.807, 2.05) is 36.4 Å². The molecule has 0 bridgehead atoms. The Kier molecular flexibility index (Phi) is 6.60. The first-order valence-electron chi connectivity index (χ1n) is 10.3. The van der Waals surface area contributed by atoms with E-state index in [-0.39, 0.29) is 22.1 Å². The Balaban J connectivity index is 1.81. The largest absolute Gasteiger partial charge is 0.493 e. The topological polar surface area (TPSA) is 103 Å². The minimum Gasteiger partial charge on any atom is -0.493 e. The smallest absolute Gasteiger partial charge is 0.344 e. The second-order valence-corrected chi connectivity index (χ2v) is 7.72.